The van der Waals surface area contributed by atoms with Crippen molar-refractivity contribution in [3.8, 4) is 0 Å². The number of anilines is 2. The molecule has 1 aromatic carbocycles. The summed E-state index contributed by atoms with van der Waals surface area (Å²) >= 11 is 0. The van der Waals surface area contributed by atoms with Crippen LogP contribution in [0.5, 0.6) is 0 Å². The summed E-state index contributed by atoms with van der Waals surface area (Å²) < 4.78 is 21.9. The third kappa shape index (κ3) is 5.91. The summed E-state index contributed by atoms with van der Waals surface area (Å²) in [6.45, 7) is 1.78. The summed E-state index contributed by atoms with van der Waals surface area (Å²) in [7, 11) is -2.96. The zero-order valence-corrected chi connectivity index (χ0v) is 10.7. The Hall–Kier alpha value is -1.56. The molecule has 6 heteroatoms. The van der Waals surface area contributed by atoms with E-state index in [1.54, 1.807) is 18.2 Å². The zero-order valence-electron chi connectivity index (χ0n) is 9.86. The highest BCUT2D eigenvalue weighted by atomic mass is 32.2. The third-order valence-corrected chi connectivity index (χ3v) is 2.93. The lowest BCUT2D eigenvalue weighted by atomic mass is 10.2. The van der Waals surface area contributed by atoms with Crippen LogP contribution in [-0.4, -0.2) is 32.9 Å². The Morgan fingerprint density at radius 1 is 1.29 bits per heavy atom. The van der Waals surface area contributed by atoms with Crippen LogP contribution in [0.15, 0.2) is 24.3 Å². The summed E-state index contributed by atoms with van der Waals surface area (Å²) in [6, 6.07) is 7.12. The topological polar surface area (TPSA) is 75.3 Å². The smallest absolute Gasteiger partial charge is 0.221 e. The molecular weight excluding hydrogens is 240 g/mol. The van der Waals surface area contributed by atoms with E-state index in [0.717, 1.165) is 5.69 Å². The van der Waals surface area contributed by atoms with Crippen molar-refractivity contribution >= 4 is 27.1 Å². The van der Waals surface area contributed by atoms with E-state index in [4.69, 9.17) is 0 Å². The lowest BCUT2D eigenvalue weighted by Gasteiger charge is -2.08. The van der Waals surface area contributed by atoms with Gasteiger partial charge in [0.15, 0.2) is 0 Å². The van der Waals surface area contributed by atoms with Gasteiger partial charge in [-0.05, 0) is 18.2 Å². The van der Waals surface area contributed by atoms with Crippen LogP contribution < -0.4 is 10.6 Å². The highest BCUT2D eigenvalue weighted by molar-refractivity contribution is 7.90. The fourth-order valence-corrected chi connectivity index (χ4v) is 1.76. The standard InChI is InChI=1S/C11H16N2O3S/c1-9(14)13-11-5-3-4-10(8-11)12-6-7-17(2,15)16/h3-5,8,12H,6-7H2,1-2H3,(H,13,14). The van der Waals surface area contributed by atoms with Crippen molar-refractivity contribution in [2.45, 2.75) is 6.92 Å². The Balaban J connectivity index is 2.57. The Kier molecular flexibility index (Phi) is 4.51. The molecule has 0 saturated heterocycles. The quantitative estimate of drug-likeness (QED) is 0.827. The number of hydrogen-bond acceptors (Lipinski definition) is 4. The van der Waals surface area contributed by atoms with Crippen molar-refractivity contribution < 1.29 is 13.2 Å². The van der Waals surface area contributed by atoms with Gasteiger partial charge in [0, 0.05) is 31.1 Å². The largest absolute Gasteiger partial charge is 0.384 e. The second-order valence-corrected chi connectivity index (χ2v) is 6.08. The number of carbonyl (C=O) groups is 1. The van der Waals surface area contributed by atoms with Gasteiger partial charge in [0.25, 0.3) is 0 Å². The molecule has 1 rings (SSSR count). The maximum atomic E-state index is 10.9. The van der Waals surface area contributed by atoms with Crippen LogP contribution in [0.1, 0.15) is 6.92 Å². The van der Waals surface area contributed by atoms with E-state index in [1.165, 1.54) is 13.2 Å². The van der Waals surface area contributed by atoms with E-state index < -0.39 is 9.84 Å². The van der Waals surface area contributed by atoms with Crippen LogP contribution in [0.2, 0.25) is 0 Å². The number of nitrogens with one attached hydrogen (secondary N) is 2. The number of amides is 1. The SMILES string of the molecule is CC(=O)Nc1cccc(NCCS(C)(=O)=O)c1. The maximum Gasteiger partial charge on any atom is 0.221 e. The van der Waals surface area contributed by atoms with E-state index in [2.05, 4.69) is 10.6 Å². The van der Waals surface area contributed by atoms with Crippen molar-refractivity contribution in [2.24, 2.45) is 0 Å². The van der Waals surface area contributed by atoms with Gasteiger partial charge in [0.2, 0.25) is 5.91 Å². The molecule has 0 saturated carbocycles. The van der Waals surface area contributed by atoms with Crippen LogP contribution >= 0.6 is 0 Å². The van der Waals surface area contributed by atoms with Gasteiger partial charge >= 0.3 is 0 Å². The van der Waals surface area contributed by atoms with Gasteiger partial charge in [-0.3, -0.25) is 4.79 Å². The lowest BCUT2D eigenvalue weighted by molar-refractivity contribution is -0.114. The molecule has 2 N–H and O–H groups in total. The first-order chi connectivity index (χ1) is 7.87. The molecule has 5 nitrogen and oxygen atoms in total. The van der Waals surface area contributed by atoms with Crippen molar-refractivity contribution in [3.05, 3.63) is 24.3 Å². The molecule has 0 unspecified atom stereocenters. The molecular formula is C11H16N2O3S. The van der Waals surface area contributed by atoms with E-state index in [0.29, 0.717) is 12.2 Å². The van der Waals surface area contributed by atoms with Crippen molar-refractivity contribution in [2.75, 3.05) is 29.2 Å². The molecule has 0 spiro atoms. The van der Waals surface area contributed by atoms with Crippen molar-refractivity contribution in [1.82, 2.24) is 0 Å². The fourth-order valence-electron chi connectivity index (χ4n) is 1.29. The van der Waals surface area contributed by atoms with Gasteiger partial charge in [-0.15, -0.1) is 0 Å². The molecule has 17 heavy (non-hydrogen) atoms. The average molecular weight is 256 g/mol. The minimum atomic E-state index is -2.96. The van der Waals surface area contributed by atoms with Gasteiger partial charge in [-0.25, -0.2) is 8.42 Å². The minimum Gasteiger partial charge on any atom is -0.384 e. The van der Waals surface area contributed by atoms with Crippen molar-refractivity contribution in [3.63, 3.8) is 0 Å². The monoisotopic (exact) mass is 256 g/mol. The van der Waals surface area contributed by atoms with Crippen LogP contribution in [-0.2, 0) is 14.6 Å². The third-order valence-electron chi connectivity index (χ3n) is 1.98. The van der Waals surface area contributed by atoms with Crippen molar-refractivity contribution in [1.29, 1.82) is 0 Å². The normalized spacial score (nSPS) is 10.9. The van der Waals surface area contributed by atoms with E-state index >= 15 is 0 Å². The fraction of sp³-hybridized carbons (Fsp3) is 0.364. The van der Waals surface area contributed by atoms with Gasteiger partial charge in [-0.2, -0.15) is 0 Å². The van der Waals surface area contributed by atoms with Gasteiger partial charge in [0.1, 0.15) is 9.84 Å². The number of hydrogen-bond donors (Lipinski definition) is 2. The van der Waals surface area contributed by atoms with Crippen LogP contribution in [0.4, 0.5) is 11.4 Å². The molecule has 0 atom stereocenters. The summed E-state index contributed by atoms with van der Waals surface area (Å²) in [5, 5.41) is 5.64. The molecule has 0 aliphatic heterocycles. The molecule has 0 fully saturated rings. The second-order valence-electron chi connectivity index (χ2n) is 3.82. The molecule has 0 radical (unpaired) electrons. The highest BCUT2D eigenvalue weighted by Gasteiger charge is 2.02. The summed E-state index contributed by atoms with van der Waals surface area (Å²) in [4.78, 5) is 10.9. The average Bonchev–Trinajstić information content (AvgIpc) is 2.15. The zero-order chi connectivity index (χ0) is 12.9. The van der Waals surface area contributed by atoms with Gasteiger partial charge in [-0.1, -0.05) is 6.07 Å². The number of carbonyl (C=O) groups excluding carboxylic acids is 1. The van der Waals surface area contributed by atoms with E-state index in [1.807, 2.05) is 6.07 Å². The van der Waals surface area contributed by atoms with E-state index in [-0.39, 0.29) is 11.7 Å². The molecule has 1 aromatic rings. The summed E-state index contributed by atoms with van der Waals surface area (Å²) in [5.41, 5.74) is 1.46. The first-order valence-electron chi connectivity index (χ1n) is 5.16. The van der Waals surface area contributed by atoms with Gasteiger partial charge in [0.05, 0.1) is 5.75 Å². The second kappa shape index (κ2) is 5.67. The predicted molar refractivity (Wildman–Crippen MR) is 68.9 cm³/mol. The first kappa shape index (κ1) is 13.5. The molecule has 0 aliphatic rings. The predicted octanol–water partition coefficient (Wildman–Crippen LogP) is 1.10. The summed E-state index contributed by atoms with van der Waals surface area (Å²) in [5.74, 6) is -0.0598. The molecule has 94 valence electrons. The van der Waals surface area contributed by atoms with E-state index in [9.17, 15) is 13.2 Å². The number of rotatable bonds is 5. The Morgan fingerprint density at radius 2 is 1.94 bits per heavy atom. The number of sulfone groups is 1. The maximum absolute atomic E-state index is 10.9. The first-order valence-corrected chi connectivity index (χ1v) is 7.22. The Labute approximate surface area is 101 Å². The Bertz CT molecular complexity index is 497. The van der Waals surface area contributed by atoms with Crippen LogP contribution in [0, 0.1) is 0 Å². The molecule has 0 heterocycles. The van der Waals surface area contributed by atoms with Crippen LogP contribution in [0.3, 0.4) is 0 Å². The molecule has 1 amide bonds. The van der Waals surface area contributed by atoms with Crippen LogP contribution in [0.25, 0.3) is 0 Å². The lowest BCUT2D eigenvalue weighted by Crippen LogP contribution is -2.14. The summed E-state index contributed by atoms with van der Waals surface area (Å²) in [6.07, 6.45) is 1.20. The molecule has 0 bridgehead atoms. The Morgan fingerprint density at radius 3 is 2.53 bits per heavy atom. The number of benzene rings is 1. The molecule has 0 aliphatic carbocycles. The highest BCUT2D eigenvalue weighted by Crippen LogP contribution is 2.14. The minimum absolute atomic E-state index is 0.0807. The van der Waals surface area contributed by atoms with Gasteiger partial charge < -0.3 is 10.6 Å². The molecule has 0 aromatic heterocycles.